The fourth-order valence-electron chi connectivity index (χ4n) is 1.29. The van der Waals surface area contributed by atoms with E-state index in [1.165, 1.54) is 5.69 Å². The highest BCUT2D eigenvalue weighted by molar-refractivity contribution is 5.08. The van der Waals surface area contributed by atoms with Crippen molar-refractivity contribution < 1.29 is 5.11 Å². The van der Waals surface area contributed by atoms with E-state index in [0.29, 0.717) is 0 Å². The molecule has 1 N–H and O–H groups in total. The molecule has 1 aromatic rings. The average Bonchev–Trinajstić information content (AvgIpc) is 2.47. The molecule has 0 aliphatic rings. The van der Waals surface area contributed by atoms with Crippen molar-refractivity contribution in [2.24, 2.45) is 5.92 Å². The van der Waals surface area contributed by atoms with Gasteiger partial charge in [0.05, 0.1) is 5.69 Å². The summed E-state index contributed by atoms with van der Waals surface area (Å²) in [6.45, 7) is 7.20. The molecule has 0 saturated heterocycles. The highest BCUT2D eigenvalue weighted by Crippen LogP contribution is 2.06. The monoisotopic (exact) mass is 182 g/mol. The van der Waals surface area contributed by atoms with Crippen LogP contribution in [0.5, 0.6) is 0 Å². The molecular formula is C10H18N2O. The van der Waals surface area contributed by atoms with E-state index < -0.39 is 0 Å². The largest absolute Gasteiger partial charge is 0.396 e. The van der Waals surface area contributed by atoms with Crippen molar-refractivity contribution in [3.8, 4) is 0 Å². The number of hydrogen-bond donors (Lipinski definition) is 1. The van der Waals surface area contributed by atoms with E-state index in [-0.39, 0.29) is 12.5 Å². The van der Waals surface area contributed by atoms with Crippen LogP contribution in [-0.4, -0.2) is 21.5 Å². The summed E-state index contributed by atoms with van der Waals surface area (Å²) in [7, 11) is 0. The zero-order chi connectivity index (χ0) is 9.84. The highest BCUT2D eigenvalue weighted by Gasteiger charge is 2.06. The molecule has 13 heavy (non-hydrogen) atoms. The molecule has 0 fully saturated rings. The molecule has 1 atom stereocenters. The second-order valence-electron chi connectivity index (χ2n) is 3.60. The maximum atomic E-state index is 8.91. The minimum atomic E-state index is 0.223. The summed E-state index contributed by atoms with van der Waals surface area (Å²) in [5.41, 5.74) is 2.31. The predicted octanol–water partition coefficient (Wildman–Crippen LogP) is 1.38. The van der Waals surface area contributed by atoms with Gasteiger partial charge in [0.1, 0.15) is 0 Å². The minimum Gasteiger partial charge on any atom is -0.396 e. The van der Waals surface area contributed by atoms with E-state index in [2.05, 4.69) is 25.0 Å². The molecule has 0 amide bonds. The fourth-order valence-corrected chi connectivity index (χ4v) is 1.29. The molecule has 1 heterocycles. The molecule has 74 valence electrons. The van der Waals surface area contributed by atoms with Gasteiger partial charge >= 0.3 is 0 Å². The summed E-state index contributed by atoms with van der Waals surface area (Å²) < 4.78 is 1.97. The van der Waals surface area contributed by atoms with Crippen molar-refractivity contribution in [2.45, 2.75) is 33.7 Å². The van der Waals surface area contributed by atoms with Gasteiger partial charge < -0.3 is 5.11 Å². The summed E-state index contributed by atoms with van der Waals surface area (Å²) in [5, 5.41) is 13.3. The first-order valence-corrected chi connectivity index (χ1v) is 4.81. The molecule has 1 unspecified atom stereocenters. The van der Waals surface area contributed by atoms with E-state index in [1.54, 1.807) is 0 Å². The summed E-state index contributed by atoms with van der Waals surface area (Å²) >= 11 is 0. The molecule has 3 heteroatoms. The van der Waals surface area contributed by atoms with E-state index in [1.807, 2.05) is 11.6 Å². The Morgan fingerprint density at radius 3 is 2.77 bits per heavy atom. The standard InChI is InChI=1S/C10H18N2O/c1-4-10-5-9(3)12(11-10)6-8(2)7-13/h5,8,13H,4,6-7H2,1-3H3. The molecule has 0 aromatic carbocycles. The van der Waals surface area contributed by atoms with Gasteiger partial charge in [0, 0.05) is 18.8 Å². The van der Waals surface area contributed by atoms with Gasteiger partial charge in [-0.1, -0.05) is 13.8 Å². The lowest BCUT2D eigenvalue weighted by atomic mass is 10.2. The van der Waals surface area contributed by atoms with E-state index in [0.717, 1.165) is 18.7 Å². The van der Waals surface area contributed by atoms with Gasteiger partial charge in [0.25, 0.3) is 0 Å². The molecule has 0 aliphatic heterocycles. The van der Waals surface area contributed by atoms with Gasteiger partial charge in [-0.3, -0.25) is 4.68 Å². The smallest absolute Gasteiger partial charge is 0.0624 e. The summed E-state index contributed by atoms with van der Waals surface area (Å²) in [4.78, 5) is 0. The van der Waals surface area contributed by atoms with Crippen LogP contribution in [0.15, 0.2) is 6.07 Å². The molecule has 0 bridgehead atoms. The Kier molecular flexibility index (Phi) is 3.48. The Balaban J connectivity index is 2.70. The Hall–Kier alpha value is -0.830. The first-order valence-electron chi connectivity index (χ1n) is 4.81. The molecule has 1 aromatic heterocycles. The Morgan fingerprint density at radius 1 is 1.62 bits per heavy atom. The molecule has 0 saturated carbocycles. The van der Waals surface area contributed by atoms with Crippen LogP contribution in [0.4, 0.5) is 0 Å². The third-order valence-corrected chi connectivity index (χ3v) is 2.19. The number of aliphatic hydroxyl groups is 1. The predicted molar refractivity (Wildman–Crippen MR) is 52.6 cm³/mol. The second kappa shape index (κ2) is 4.42. The number of hydrogen-bond acceptors (Lipinski definition) is 2. The zero-order valence-corrected chi connectivity index (χ0v) is 8.62. The number of aryl methyl sites for hydroxylation is 2. The van der Waals surface area contributed by atoms with Crippen molar-refractivity contribution in [1.29, 1.82) is 0 Å². The van der Waals surface area contributed by atoms with Crippen molar-refractivity contribution in [2.75, 3.05) is 6.61 Å². The first kappa shape index (κ1) is 10.3. The van der Waals surface area contributed by atoms with Crippen molar-refractivity contribution in [3.63, 3.8) is 0 Å². The van der Waals surface area contributed by atoms with Gasteiger partial charge in [-0.2, -0.15) is 5.10 Å². The Morgan fingerprint density at radius 2 is 2.31 bits per heavy atom. The van der Waals surface area contributed by atoms with Crippen molar-refractivity contribution in [1.82, 2.24) is 9.78 Å². The molecule has 0 radical (unpaired) electrons. The van der Waals surface area contributed by atoms with Gasteiger partial charge in [0.15, 0.2) is 0 Å². The SMILES string of the molecule is CCc1cc(C)n(CC(C)CO)n1. The molecular weight excluding hydrogens is 164 g/mol. The van der Waals surface area contributed by atoms with Gasteiger partial charge in [-0.05, 0) is 25.3 Å². The first-order chi connectivity index (χ1) is 6.17. The quantitative estimate of drug-likeness (QED) is 0.764. The van der Waals surface area contributed by atoms with Crippen molar-refractivity contribution >= 4 is 0 Å². The van der Waals surface area contributed by atoms with Gasteiger partial charge in [0.2, 0.25) is 0 Å². The second-order valence-corrected chi connectivity index (χ2v) is 3.60. The molecule has 1 rings (SSSR count). The number of aromatic nitrogens is 2. The van der Waals surface area contributed by atoms with Crippen LogP contribution in [0.3, 0.4) is 0 Å². The molecule has 0 aliphatic carbocycles. The van der Waals surface area contributed by atoms with E-state index >= 15 is 0 Å². The number of rotatable bonds is 4. The summed E-state index contributed by atoms with van der Waals surface area (Å²) in [6, 6.07) is 2.10. The number of nitrogens with zero attached hydrogens (tertiary/aromatic N) is 2. The van der Waals surface area contributed by atoms with Gasteiger partial charge in [-0.25, -0.2) is 0 Å². The highest BCUT2D eigenvalue weighted by atomic mass is 16.3. The Labute approximate surface area is 79.4 Å². The Bertz CT molecular complexity index is 268. The average molecular weight is 182 g/mol. The van der Waals surface area contributed by atoms with Crippen LogP contribution in [0.1, 0.15) is 25.2 Å². The molecule has 0 spiro atoms. The topological polar surface area (TPSA) is 38.0 Å². The maximum Gasteiger partial charge on any atom is 0.0624 e. The van der Waals surface area contributed by atoms with Crippen LogP contribution in [-0.2, 0) is 13.0 Å². The van der Waals surface area contributed by atoms with Crippen LogP contribution in [0.25, 0.3) is 0 Å². The minimum absolute atomic E-state index is 0.223. The lowest BCUT2D eigenvalue weighted by Crippen LogP contribution is -2.13. The van der Waals surface area contributed by atoms with Crippen LogP contribution >= 0.6 is 0 Å². The van der Waals surface area contributed by atoms with E-state index in [9.17, 15) is 0 Å². The van der Waals surface area contributed by atoms with Crippen LogP contribution < -0.4 is 0 Å². The van der Waals surface area contributed by atoms with Crippen LogP contribution in [0, 0.1) is 12.8 Å². The lowest BCUT2D eigenvalue weighted by Gasteiger charge is -2.09. The van der Waals surface area contributed by atoms with Crippen molar-refractivity contribution in [3.05, 3.63) is 17.5 Å². The van der Waals surface area contributed by atoms with Gasteiger partial charge in [-0.15, -0.1) is 0 Å². The van der Waals surface area contributed by atoms with Crippen LogP contribution in [0.2, 0.25) is 0 Å². The fraction of sp³-hybridized carbons (Fsp3) is 0.700. The zero-order valence-electron chi connectivity index (χ0n) is 8.62. The molecule has 3 nitrogen and oxygen atoms in total. The lowest BCUT2D eigenvalue weighted by molar-refractivity contribution is 0.218. The third kappa shape index (κ3) is 2.56. The maximum absolute atomic E-state index is 8.91. The summed E-state index contributed by atoms with van der Waals surface area (Å²) in [6.07, 6.45) is 0.974. The van der Waals surface area contributed by atoms with E-state index in [4.69, 9.17) is 5.11 Å². The number of aliphatic hydroxyl groups excluding tert-OH is 1. The summed E-state index contributed by atoms with van der Waals surface area (Å²) in [5.74, 6) is 0.281. The third-order valence-electron chi connectivity index (χ3n) is 2.19. The normalized spacial score (nSPS) is 13.2.